The van der Waals surface area contributed by atoms with Gasteiger partial charge in [-0.05, 0) is 71.5 Å². The molecule has 0 N–H and O–H groups in total. The Kier molecular flexibility index (Phi) is 9.46. The van der Waals surface area contributed by atoms with Crippen molar-refractivity contribution < 1.29 is 19.1 Å². The molecule has 3 unspecified atom stereocenters. The lowest BCUT2D eigenvalue weighted by molar-refractivity contribution is -0.128. The first-order valence-corrected chi connectivity index (χ1v) is 18.4. The Balaban J connectivity index is 1.48. The molecule has 8 rings (SSSR count). The van der Waals surface area contributed by atoms with E-state index >= 15 is 0 Å². The number of aryl methyl sites for hydroxylation is 2. The molecule has 0 radical (unpaired) electrons. The van der Waals surface area contributed by atoms with Crippen LogP contribution in [0.3, 0.4) is 0 Å². The number of imidazole rings is 1. The zero-order chi connectivity index (χ0) is 37.1. The molecule has 3 aliphatic heterocycles. The molecule has 4 aliphatic rings. The summed E-state index contributed by atoms with van der Waals surface area (Å²) < 4.78 is 14.7. The van der Waals surface area contributed by atoms with E-state index < -0.39 is 5.60 Å². The van der Waals surface area contributed by atoms with E-state index in [0.29, 0.717) is 47.5 Å². The fraction of sp³-hybridized carbons (Fsp3) is 0.513. The van der Waals surface area contributed by atoms with E-state index in [-0.39, 0.29) is 42.8 Å². The van der Waals surface area contributed by atoms with Crippen LogP contribution in [0.1, 0.15) is 57.5 Å². The highest BCUT2D eigenvalue weighted by molar-refractivity contribution is 6.34. The van der Waals surface area contributed by atoms with E-state index in [2.05, 4.69) is 34.5 Å². The Labute approximate surface area is 309 Å². The van der Waals surface area contributed by atoms with Crippen molar-refractivity contribution in [2.45, 2.75) is 76.6 Å². The van der Waals surface area contributed by atoms with Crippen molar-refractivity contribution in [1.29, 1.82) is 5.26 Å². The molecule has 4 aromatic rings. The molecule has 2 aromatic carbocycles. The third-order valence-corrected chi connectivity index (χ3v) is 11.0. The van der Waals surface area contributed by atoms with Crippen molar-refractivity contribution in [3.8, 4) is 17.6 Å². The molecule has 1 saturated carbocycles. The van der Waals surface area contributed by atoms with Gasteiger partial charge in [-0.1, -0.05) is 29.8 Å². The lowest BCUT2D eigenvalue weighted by Gasteiger charge is -2.43. The van der Waals surface area contributed by atoms with E-state index in [0.717, 1.165) is 53.1 Å². The first-order valence-electron chi connectivity index (χ1n) is 18.0. The number of fused-ring (bicyclic) bond motifs is 4. The maximum Gasteiger partial charge on any atom is 0.410 e. The zero-order valence-corrected chi connectivity index (χ0v) is 31.8. The summed E-state index contributed by atoms with van der Waals surface area (Å²) in [6.07, 6.45) is 1.94. The van der Waals surface area contributed by atoms with Gasteiger partial charge in [-0.3, -0.25) is 4.79 Å². The maximum atomic E-state index is 13.5. The molecule has 1 aliphatic carbocycles. The van der Waals surface area contributed by atoms with E-state index in [1.165, 1.54) is 0 Å². The van der Waals surface area contributed by atoms with Gasteiger partial charge in [0.05, 0.1) is 28.7 Å². The number of carbonyl (C=O) groups excluding carboxylic acids is 2. The Bertz CT molecular complexity index is 2060. The Morgan fingerprint density at radius 2 is 1.77 bits per heavy atom. The summed E-state index contributed by atoms with van der Waals surface area (Å²) in [5, 5.41) is 10.8. The van der Waals surface area contributed by atoms with Crippen LogP contribution in [0.15, 0.2) is 36.4 Å². The first kappa shape index (κ1) is 35.8. The smallest absolute Gasteiger partial charge is 0.410 e. The van der Waals surface area contributed by atoms with Crippen LogP contribution in [-0.4, -0.2) is 107 Å². The second kappa shape index (κ2) is 13.7. The van der Waals surface area contributed by atoms with Crippen molar-refractivity contribution in [2.24, 2.45) is 5.92 Å². The molecule has 3 saturated heterocycles. The van der Waals surface area contributed by atoms with Gasteiger partial charge in [0.15, 0.2) is 11.6 Å². The zero-order valence-electron chi connectivity index (χ0n) is 31.0. The number of pyridine rings is 1. The molecule has 13 heteroatoms. The Morgan fingerprint density at radius 3 is 2.42 bits per heavy atom. The highest BCUT2D eigenvalue weighted by Gasteiger charge is 2.56. The summed E-state index contributed by atoms with van der Waals surface area (Å²) in [5.41, 5.74) is 2.37. The molecule has 0 spiro atoms. The minimum Gasteiger partial charge on any atom is -0.453 e. The fourth-order valence-electron chi connectivity index (χ4n) is 7.71. The predicted molar refractivity (Wildman–Crippen MR) is 201 cm³/mol. The van der Waals surface area contributed by atoms with Gasteiger partial charge in [0.2, 0.25) is 5.91 Å². The van der Waals surface area contributed by atoms with Gasteiger partial charge in [0, 0.05) is 70.3 Å². The summed E-state index contributed by atoms with van der Waals surface area (Å²) in [6, 6.07) is 14.0. The molecule has 274 valence electrons. The van der Waals surface area contributed by atoms with Crippen molar-refractivity contribution in [1.82, 2.24) is 29.2 Å². The van der Waals surface area contributed by atoms with Crippen LogP contribution >= 0.6 is 11.6 Å². The number of halogens is 1. The van der Waals surface area contributed by atoms with E-state index in [4.69, 9.17) is 31.0 Å². The molecule has 52 heavy (non-hydrogen) atoms. The van der Waals surface area contributed by atoms with Gasteiger partial charge in [0.1, 0.15) is 28.2 Å². The lowest BCUT2D eigenvalue weighted by atomic mass is 9.79. The van der Waals surface area contributed by atoms with E-state index in [1.807, 2.05) is 62.1 Å². The van der Waals surface area contributed by atoms with Crippen LogP contribution in [0.25, 0.3) is 21.9 Å². The summed E-state index contributed by atoms with van der Waals surface area (Å²) in [4.78, 5) is 45.1. The number of ether oxygens (including phenoxy) is 2. The standard InChI is InChI=1S/C39H47ClN8O4/c1-39(2,3)52-38(50)47-20-24-19-28(47)34(24)48-29(15-16-30(49)45(6)7)42-33-35(48)27-18-23(12-11-17-41)31(40)36(51-26-13-9-8-10-14-26)32(27)43-37(33)46-21-25(22-46)44(4)5/h8-10,13-14,18,24-25,28,34H,11-12,15-16,19-22H2,1-7H3. The van der Waals surface area contributed by atoms with Crippen LogP contribution in [-0.2, 0) is 22.4 Å². The molecule has 2 aromatic heterocycles. The second-order valence-electron chi connectivity index (χ2n) is 15.7. The Hall–Kier alpha value is -4.60. The number of amides is 2. The molecule has 2 bridgehead atoms. The number of nitrogens with zero attached hydrogens (tertiary/aromatic N) is 8. The third-order valence-electron chi connectivity index (χ3n) is 10.5. The van der Waals surface area contributed by atoms with E-state index in [9.17, 15) is 14.9 Å². The highest BCUT2D eigenvalue weighted by atomic mass is 35.5. The average Bonchev–Trinajstić information content (AvgIpc) is 3.76. The number of rotatable bonds is 10. The number of hydrogen-bond acceptors (Lipinski definition) is 9. The summed E-state index contributed by atoms with van der Waals surface area (Å²) in [6.45, 7) is 7.76. The first-order chi connectivity index (χ1) is 24.8. The molecular weight excluding hydrogens is 680 g/mol. The number of likely N-dealkylation sites (N-methyl/N-ethyl adjacent to an activating group) is 1. The number of para-hydroxylation sites is 1. The molecule has 5 heterocycles. The van der Waals surface area contributed by atoms with Crippen molar-refractivity contribution in [2.75, 3.05) is 52.7 Å². The van der Waals surface area contributed by atoms with Crippen LogP contribution < -0.4 is 9.64 Å². The minimum atomic E-state index is -0.619. The van der Waals surface area contributed by atoms with Gasteiger partial charge < -0.3 is 33.6 Å². The molecular formula is C39H47ClN8O4. The van der Waals surface area contributed by atoms with Gasteiger partial charge in [-0.25, -0.2) is 14.8 Å². The predicted octanol–water partition coefficient (Wildman–Crippen LogP) is 6.44. The van der Waals surface area contributed by atoms with Gasteiger partial charge in [-0.15, -0.1) is 0 Å². The number of hydrogen-bond donors (Lipinski definition) is 0. The normalized spacial score (nSPS) is 19.9. The molecule has 12 nitrogen and oxygen atoms in total. The van der Waals surface area contributed by atoms with Crippen molar-refractivity contribution in [3.05, 3.63) is 52.8 Å². The lowest BCUT2D eigenvalue weighted by Crippen LogP contribution is -2.57. The highest BCUT2D eigenvalue weighted by Crippen LogP contribution is 2.53. The summed E-state index contributed by atoms with van der Waals surface area (Å²) in [7, 11) is 7.68. The number of anilines is 1. The van der Waals surface area contributed by atoms with Crippen LogP contribution in [0, 0.1) is 17.2 Å². The van der Waals surface area contributed by atoms with Gasteiger partial charge in [0.25, 0.3) is 0 Å². The number of benzene rings is 2. The van der Waals surface area contributed by atoms with Crippen molar-refractivity contribution in [3.63, 3.8) is 0 Å². The molecule has 2 amide bonds. The summed E-state index contributed by atoms with van der Waals surface area (Å²) in [5.74, 6) is 2.73. The van der Waals surface area contributed by atoms with Crippen LogP contribution in [0.5, 0.6) is 11.5 Å². The number of nitriles is 1. The van der Waals surface area contributed by atoms with Gasteiger partial charge >= 0.3 is 6.09 Å². The van der Waals surface area contributed by atoms with Crippen LogP contribution in [0.4, 0.5) is 10.6 Å². The molecule has 3 atom stereocenters. The topological polar surface area (TPSA) is 120 Å². The minimum absolute atomic E-state index is 0.00876. The quantitative estimate of drug-likeness (QED) is 0.182. The SMILES string of the molecule is CN(C)C(=O)CCc1nc2c(N3CC(N(C)C)C3)nc3c(Oc4ccccc4)c(Cl)c(CCC#N)cc3c2n1C1C2CC1N(C(=O)OC(C)(C)C)C2. The fourth-order valence-corrected chi connectivity index (χ4v) is 7.99. The van der Waals surface area contributed by atoms with Crippen molar-refractivity contribution >= 4 is 51.4 Å². The second-order valence-corrected chi connectivity index (χ2v) is 16.1. The third kappa shape index (κ3) is 6.49. The largest absolute Gasteiger partial charge is 0.453 e. The van der Waals surface area contributed by atoms with E-state index in [1.54, 1.807) is 19.0 Å². The Morgan fingerprint density at radius 1 is 1.04 bits per heavy atom. The number of carbonyl (C=O) groups is 2. The monoisotopic (exact) mass is 726 g/mol. The maximum absolute atomic E-state index is 13.5. The number of aromatic nitrogens is 3. The molecule has 4 fully saturated rings. The van der Waals surface area contributed by atoms with Gasteiger partial charge in [-0.2, -0.15) is 5.26 Å². The van der Waals surface area contributed by atoms with Crippen LogP contribution in [0.2, 0.25) is 5.02 Å². The summed E-state index contributed by atoms with van der Waals surface area (Å²) >= 11 is 7.18. The average molecular weight is 727 g/mol.